The molecule has 0 saturated heterocycles. The number of benzene rings is 5. The van der Waals surface area contributed by atoms with Crippen LogP contribution in [0.1, 0.15) is 11.1 Å². The SMILES string of the molecule is Cc1ccc(-c2ccc3cc4cc(-c5ccc(C(F)(F)F)cc5)ccc4cc3c2)cc1. The Kier molecular flexibility index (Phi) is 4.55. The molecule has 5 rings (SSSR count). The topological polar surface area (TPSA) is 0 Å². The monoisotopic (exact) mass is 412 g/mol. The number of aryl methyl sites for hydroxylation is 1. The van der Waals surface area contributed by atoms with Crippen molar-refractivity contribution in [2.45, 2.75) is 13.1 Å². The summed E-state index contributed by atoms with van der Waals surface area (Å²) in [7, 11) is 0. The molecule has 0 nitrogen and oxygen atoms in total. The van der Waals surface area contributed by atoms with E-state index in [0.717, 1.165) is 44.8 Å². The molecule has 3 heteroatoms. The highest BCUT2D eigenvalue weighted by Gasteiger charge is 2.29. The highest BCUT2D eigenvalue weighted by molar-refractivity contribution is 6.01. The lowest BCUT2D eigenvalue weighted by Crippen LogP contribution is -2.03. The Morgan fingerprint density at radius 1 is 0.452 bits per heavy atom. The molecule has 5 aromatic rings. The van der Waals surface area contributed by atoms with E-state index in [9.17, 15) is 13.2 Å². The number of halogens is 3. The maximum absolute atomic E-state index is 12.8. The first-order chi connectivity index (χ1) is 14.9. The third-order valence-corrected chi connectivity index (χ3v) is 5.73. The molecule has 0 atom stereocenters. The van der Waals surface area contributed by atoms with Crippen LogP contribution in [0.25, 0.3) is 43.8 Å². The fourth-order valence-electron chi connectivity index (χ4n) is 3.95. The molecule has 0 amide bonds. The maximum atomic E-state index is 12.8. The smallest absolute Gasteiger partial charge is 0.166 e. The van der Waals surface area contributed by atoms with Crippen molar-refractivity contribution < 1.29 is 13.2 Å². The lowest BCUT2D eigenvalue weighted by atomic mass is 9.96. The quantitative estimate of drug-likeness (QED) is 0.255. The Balaban J connectivity index is 1.54. The summed E-state index contributed by atoms with van der Waals surface area (Å²) in [6.07, 6.45) is -4.32. The van der Waals surface area contributed by atoms with E-state index in [1.165, 1.54) is 28.8 Å². The molecule has 152 valence electrons. The summed E-state index contributed by atoms with van der Waals surface area (Å²) in [4.78, 5) is 0. The number of rotatable bonds is 2. The van der Waals surface area contributed by atoms with Crippen molar-refractivity contribution in [1.82, 2.24) is 0 Å². The number of alkyl halides is 3. The van der Waals surface area contributed by atoms with Crippen LogP contribution in [0, 0.1) is 6.92 Å². The molecular formula is C28H19F3. The minimum Gasteiger partial charge on any atom is -0.166 e. The van der Waals surface area contributed by atoms with Crippen molar-refractivity contribution >= 4 is 21.5 Å². The predicted molar refractivity (Wildman–Crippen MR) is 122 cm³/mol. The Labute approximate surface area is 178 Å². The fraction of sp³-hybridized carbons (Fsp3) is 0.0714. The molecule has 0 radical (unpaired) electrons. The summed E-state index contributed by atoms with van der Waals surface area (Å²) < 4.78 is 38.5. The molecule has 0 spiro atoms. The van der Waals surface area contributed by atoms with Crippen molar-refractivity contribution in [1.29, 1.82) is 0 Å². The third-order valence-electron chi connectivity index (χ3n) is 5.73. The van der Waals surface area contributed by atoms with Crippen LogP contribution in [0.15, 0.2) is 97.1 Å². The van der Waals surface area contributed by atoms with E-state index >= 15 is 0 Å². The average molecular weight is 412 g/mol. The second-order valence-electron chi connectivity index (χ2n) is 7.92. The summed E-state index contributed by atoms with van der Waals surface area (Å²) in [6, 6.07) is 30.6. The molecule has 0 fully saturated rings. The fourth-order valence-corrected chi connectivity index (χ4v) is 3.95. The molecule has 0 aliphatic carbocycles. The van der Waals surface area contributed by atoms with Crippen molar-refractivity contribution in [2.24, 2.45) is 0 Å². The lowest BCUT2D eigenvalue weighted by molar-refractivity contribution is -0.137. The number of fused-ring (bicyclic) bond motifs is 2. The van der Waals surface area contributed by atoms with Gasteiger partial charge in [-0.15, -0.1) is 0 Å². The van der Waals surface area contributed by atoms with Crippen LogP contribution < -0.4 is 0 Å². The first-order valence-corrected chi connectivity index (χ1v) is 10.1. The third kappa shape index (κ3) is 3.79. The van der Waals surface area contributed by atoms with E-state index in [1.54, 1.807) is 0 Å². The minimum absolute atomic E-state index is 0.632. The molecule has 0 aromatic heterocycles. The second kappa shape index (κ2) is 7.28. The maximum Gasteiger partial charge on any atom is 0.416 e. The van der Waals surface area contributed by atoms with Crippen LogP contribution in [0.2, 0.25) is 0 Å². The van der Waals surface area contributed by atoms with Gasteiger partial charge in [-0.3, -0.25) is 0 Å². The predicted octanol–water partition coefficient (Wildman–Crippen LogP) is 8.65. The van der Waals surface area contributed by atoms with Gasteiger partial charge < -0.3 is 0 Å². The Bertz CT molecular complexity index is 1390. The van der Waals surface area contributed by atoms with E-state index in [1.807, 2.05) is 18.2 Å². The van der Waals surface area contributed by atoms with Crippen LogP contribution >= 0.6 is 0 Å². The normalized spacial score (nSPS) is 11.9. The van der Waals surface area contributed by atoms with Crippen LogP contribution in [0.3, 0.4) is 0 Å². The van der Waals surface area contributed by atoms with E-state index in [4.69, 9.17) is 0 Å². The van der Waals surface area contributed by atoms with Crippen LogP contribution in [-0.4, -0.2) is 0 Å². The molecular weight excluding hydrogens is 393 g/mol. The van der Waals surface area contributed by atoms with Gasteiger partial charge in [-0.05, 0) is 87.1 Å². The van der Waals surface area contributed by atoms with Gasteiger partial charge in [0.1, 0.15) is 0 Å². The Morgan fingerprint density at radius 3 is 1.32 bits per heavy atom. The summed E-state index contributed by atoms with van der Waals surface area (Å²) in [6.45, 7) is 2.08. The van der Waals surface area contributed by atoms with Gasteiger partial charge in [0.15, 0.2) is 0 Å². The van der Waals surface area contributed by atoms with Gasteiger partial charge >= 0.3 is 6.18 Å². The van der Waals surface area contributed by atoms with Gasteiger partial charge in [0.25, 0.3) is 0 Å². The molecule has 5 aromatic carbocycles. The van der Waals surface area contributed by atoms with Gasteiger partial charge in [-0.25, -0.2) is 0 Å². The summed E-state index contributed by atoms with van der Waals surface area (Å²) >= 11 is 0. The van der Waals surface area contributed by atoms with Crippen molar-refractivity contribution in [3.63, 3.8) is 0 Å². The van der Waals surface area contributed by atoms with E-state index in [2.05, 4.69) is 61.5 Å². The van der Waals surface area contributed by atoms with Gasteiger partial charge in [-0.1, -0.05) is 66.2 Å². The minimum atomic E-state index is -4.32. The lowest BCUT2D eigenvalue weighted by Gasteiger charge is -2.10. The molecule has 0 N–H and O–H groups in total. The van der Waals surface area contributed by atoms with Crippen molar-refractivity contribution in [2.75, 3.05) is 0 Å². The molecule has 0 aliphatic rings. The van der Waals surface area contributed by atoms with Gasteiger partial charge in [0.2, 0.25) is 0 Å². The van der Waals surface area contributed by atoms with Crippen molar-refractivity contribution in [3.05, 3.63) is 108 Å². The molecule has 0 unspecified atom stereocenters. The van der Waals surface area contributed by atoms with Crippen LogP contribution in [0.5, 0.6) is 0 Å². The largest absolute Gasteiger partial charge is 0.416 e. The second-order valence-corrected chi connectivity index (χ2v) is 7.92. The van der Waals surface area contributed by atoms with E-state index < -0.39 is 11.7 Å². The van der Waals surface area contributed by atoms with Crippen LogP contribution in [-0.2, 0) is 6.18 Å². The Morgan fingerprint density at radius 2 is 0.871 bits per heavy atom. The van der Waals surface area contributed by atoms with Gasteiger partial charge in [0.05, 0.1) is 5.56 Å². The number of hydrogen-bond acceptors (Lipinski definition) is 0. The van der Waals surface area contributed by atoms with Gasteiger partial charge in [0, 0.05) is 0 Å². The van der Waals surface area contributed by atoms with E-state index in [-0.39, 0.29) is 0 Å². The molecule has 0 aliphatic heterocycles. The zero-order chi connectivity index (χ0) is 21.6. The first-order valence-electron chi connectivity index (χ1n) is 10.1. The number of hydrogen-bond donors (Lipinski definition) is 0. The van der Waals surface area contributed by atoms with Crippen molar-refractivity contribution in [3.8, 4) is 22.3 Å². The zero-order valence-corrected chi connectivity index (χ0v) is 16.9. The highest BCUT2D eigenvalue weighted by Crippen LogP contribution is 2.33. The highest BCUT2D eigenvalue weighted by atomic mass is 19.4. The zero-order valence-electron chi connectivity index (χ0n) is 16.9. The molecule has 31 heavy (non-hydrogen) atoms. The standard InChI is InChI=1S/C28H19F3/c1-18-2-4-19(5-3-18)21-6-8-23-17-26-15-22(7-9-24(26)16-25(23)14-21)20-10-12-27(13-11-20)28(29,30)31/h2-17H,1H3. The molecule has 0 bridgehead atoms. The van der Waals surface area contributed by atoms with Gasteiger partial charge in [-0.2, -0.15) is 13.2 Å². The molecule has 0 saturated carbocycles. The molecule has 0 heterocycles. The first kappa shape index (κ1) is 19.4. The Hall–Kier alpha value is -3.59. The summed E-state index contributed by atoms with van der Waals surface area (Å²) in [5.41, 5.74) is 4.63. The summed E-state index contributed by atoms with van der Waals surface area (Å²) in [5, 5.41) is 4.46. The van der Waals surface area contributed by atoms with Crippen LogP contribution in [0.4, 0.5) is 13.2 Å². The van der Waals surface area contributed by atoms with E-state index in [0.29, 0.717) is 0 Å². The average Bonchev–Trinajstić information content (AvgIpc) is 2.77. The summed E-state index contributed by atoms with van der Waals surface area (Å²) in [5.74, 6) is 0.